The van der Waals surface area contributed by atoms with Gasteiger partial charge in [-0.05, 0) is 41.5 Å². The third-order valence-corrected chi connectivity index (χ3v) is 1.93. The van der Waals surface area contributed by atoms with E-state index in [1.165, 1.54) is 0 Å². The van der Waals surface area contributed by atoms with Crippen molar-refractivity contribution in [2.24, 2.45) is 0 Å². The molecule has 0 fully saturated rings. The van der Waals surface area contributed by atoms with Crippen LogP contribution in [0.25, 0.3) is 0 Å². The first-order chi connectivity index (χ1) is 8.39. The number of esters is 1. The fraction of sp³-hybridized carbons (Fsp3) is 0.857. The summed E-state index contributed by atoms with van der Waals surface area (Å²) in [5.41, 5.74) is -0.972. The summed E-state index contributed by atoms with van der Waals surface area (Å²) in [5, 5.41) is 9.63. The van der Waals surface area contributed by atoms with Crippen molar-refractivity contribution in [3.63, 3.8) is 0 Å². The van der Waals surface area contributed by atoms with Gasteiger partial charge in [0, 0.05) is 6.42 Å². The molecular formula is C14H26O5. The van der Waals surface area contributed by atoms with Crippen molar-refractivity contribution in [3.05, 3.63) is 0 Å². The first kappa shape index (κ1) is 18.1. The van der Waals surface area contributed by atoms with Crippen LogP contribution in [0.2, 0.25) is 0 Å². The molecule has 0 aliphatic carbocycles. The Morgan fingerprint density at radius 3 is 2.00 bits per heavy atom. The highest BCUT2D eigenvalue weighted by Crippen LogP contribution is 2.11. The average Bonchev–Trinajstić information content (AvgIpc) is 2.09. The summed E-state index contributed by atoms with van der Waals surface area (Å²) in [5.74, 6) is -0.916. The Hall–Kier alpha value is -0.940. The third kappa shape index (κ3) is 11.9. The zero-order valence-corrected chi connectivity index (χ0v) is 12.8. The molecule has 0 rings (SSSR count). The van der Waals surface area contributed by atoms with Gasteiger partial charge >= 0.3 is 5.97 Å². The lowest BCUT2D eigenvalue weighted by atomic mass is 10.1. The quantitative estimate of drug-likeness (QED) is 0.591. The molecule has 5 nitrogen and oxygen atoms in total. The van der Waals surface area contributed by atoms with Gasteiger partial charge in [0.1, 0.15) is 17.8 Å². The number of Topliss-reactive ketones (excluding diaryl/α,β-unsaturated/α-hetero) is 1. The summed E-state index contributed by atoms with van der Waals surface area (Å²) < 4.78 is 10.4. The van der Waals surface area contributed by atoms with Crippen LogP contribution < -0.4 is 0 Å². The van der Waals surface area contributed by atoms with Crippen molar-refractivity contribution in [1.82, 2.24) is 0 Å². The number of carbonyl (C=O) groups excluding carboxylic acids is 2. The monoisotopic (exact) mass is 274 g/mol. The van der Waals surface area contributed by atoms with Crippen molar-refractivity contribution < 1.29 is 24.2 Å². The number of hydrogen-bond acceptors (Lipinski definition) is 5. The fourth-order valence-corrected chi connectivity index (χ4v) is 1.28. The van der Waals surface area contributed by atoms with E-state index < -0.39 is 17.7 Å². The SMILES string of the molecule is CC(C)(C)OCC(O)CC(=O)CC(=O)OC(C)(C)C. The lowest BCUT2D eigenvalue weighted by molar-refractivity contribution is -0.156. The molecule has 0 aromatic heterocycles. The molecule has 0 heterocycles. The Labute approximate surface area is 115 Å². The minimum atomic E-state index is -0.894. The molecule has 0 aliphatic heterocycles. The van der Waals surface area contributed by atoms with Gasteiger partial charge in [0.05, 0.1) is 18.3 Å². The van der Waals surface area contributed by atoms with Crippen LogP contribution in [0.3, 0.4) is 0 Å². The van der Waals surface area contributed by atoms with E-state index in [2.05, 4.69) is 0 Å². The molecular weight excluding hydrogens is 248 g/mol. The highest BCUT2D eigenvalue weighted by molar-refractivity contribution is 5.95. The second kappa shape index (κ2) is 7.01. The number of aliphatic hydroxyl groups excluding tert-OH is 1. The Bertz CT molecular complexity index is 309. The number of hydrogen-bond donors (Lipinski definition) is 1. The predicted octanol–water partition coefficient (Wildman–Crippen LogP) is 1.85. The van der Waals surface area contributed by atoms with Crippen LogP contribution in [-0.2, 0) is 19.1 Å². The Morgan fingerprint density at radius 1 is 1.05 bits per heavy atom. The van der Waals surface area contributed by atoms with Crippen molar-refractivity contribution in [3.8, 4) is 0 Å². The molecule has 1 atom stereocenters. The minimum absolute atomic E-state index is 0.0730. The maximum Gasteiger partial charge on any atom is 0.313 e. The van der Waals surface area contributed by atoms with Crippen LogP contribution >= 0.6 is 0 Å². The van der Waals surface area contributed by atoms with Crippen molar-refractivity contribution >= 4 is 11.8 Å². The Balaban J connectivity index is 4.01. The minimum Gasteiger partial charge on any atom is -0.460 e. The Morgan fingerprint density at radius 2 is 1.58 bits per heavy atom. The van der Waals surface area contributed by atoms with Gasteiger partial charge in [-0.1, -0.05) is 0 Å². The van der Waals surface area contributed by atoms with Crippen molar-refractivity contribution in [2.45, 2.75) is 71.7 Å². The zero-order chi connectivity index (χ0) is 15.3. The molecule has 0 saturated carbocycles. The maximum absolute atomic E-state index is 11.6. The van der Waals surface area contributed by atoms with E-state index >= 15 is 0 Å². The summed E-state index contributed by atoms with van der Waals surface area (Å²) >= 11 is 0. The Kier molecular flexibility index (Phi) is 6.66. The first-order valence-corrected chi connectivity index (χ1v) is 6.44. The molecule has 112 valence electrons. The van der Waals surface area contributed by atoms with Crippen LogP contribution in [0, 0.1) is 0 Å². The van der Waals surface area contributed by atoms with E-state index in [-0.39, 0.29) is 30.8 Å². The summed E-state index contributed by atoms with van der Waals surface area (Å²) in [6, 6.07) is 0. The van der Waals surface area contributed by atoms with Crippen molar-refractivity contribution in [2.75, 3.05) is 6.61 Å². The standard InChI is InChI=1S/C14H26O5/c1-13(2,3)18-9-11(16)7-10(15)8-12(17)19-14(4,5)6/h11,16H,7-9H2,1-6H3. The van der Waals surface area contributed by atoms with Crippen LogP contribution in [0.1, 0.15) is 54.4 Å². The van der Waals surface area contributed by atoms with Gasteiger partial charge < -0.3 is 14.6 Å². The molecule has 19 heavy (non-hydrogen) atoms. The van der Waals surface area contributed by atoms with E-state index in [0.29, 0.717) is 0 Å². The second-order valence-corrected chi connectivity index (χ2v) is 6.58. The first-order valence-electron chi connectivity index (χ1n) is 6.44. The van der Waals surface area contributed by atoms with E-state index in [1.807, 2.05) is 20.8 Å². The molecule has 1 N–H and O–H groups in total. The number of aliphatic hydroxyl groups is 1. The summed E-state index contributed by atoms with van der Waals surface area (Å²) in [6.45, 7) is 10.9. The molecule has 0 amide bonds. The highest BCUT2D eigenvalue weighted by Gasteiger charge is 2.21. The van der Waals surface area contributed by atoms with Crippen LogP contribution in [0.4, 0.5) is 0 Å². The predicted molar refractivity (Wildman–Crippen MR) is 71.8 cm³/mol. The smallest absolute Gasteiger partial charge is 0.313 e. The molecule has 0 radical (unpaired) electrons. The molecule has 0 saturated heterocycles. The van der Waals surface area contributed by atoms with E-state index in [4.69, 9.17) is 9.47 Å². The van der Waals surface area contributed by atoms with E-state index in [0.717, 1.165) is 0 Å². The maximum atomic E-state index is 11.6. The molecule has 0 aromatic carbocycles. The lowest BCUT2D eigenvalue weighted by Gasteiger charge is -2.22. The lowest BCUT2D eigenvalue weighted by Crippen LogP contribution is -2.29. The van der Waals surface area contributed by atoms with E-state index in [1.54, 1.807) is 20.8 Å². The van der Waals surface area contributed by atoms with Gasteiger partial charge in [-0.15, -0.1) is 0 Å². The van der Waals surface area contributed by atoms with Crippen LogP contribution in [0.5, 0.6) is 0 Å². The van der Waals surface area contributed by atoms with Gasteiger partial charge in [-0.2, -0.15) is 0 Å². The van der Waals surface area contributed by atoms with Gasteiger partial charge in [0.25, 0.3) is 0 Å². The largest absolute Gasteiger partial charge is 0.460 e. The van der Waals surface area contributed by atoms with Crippen molar-refractivity contribution in [1.29, 1.82) is 0 Å². The topological polar surface area (TPSA) is 72.8 Å². The summed E-state index contributed by atoms with van der Waals surface area (Å²) in [4.78, 5) is 23.0. The summed E-state index contributed by atoms with van der Waals surface area (Å²) in [6.07, 6.45) is -1.31. The molecule has 0 aliphatic rings. The van der Waals surface area contributed by atoms with Gasteiger partial charge in [-0.3, -0.25) is 9.59 Å². The van der Waals surface area contributed by atoms with Gasteiger partial charge in [-0.25, -0.2) is 0 Å². The number of rotatable bonds is 6. The molecule has 0 spiro atoms. The van der Waals surface area contributed by atoms with Crippen LogP contribution in [-0.4, -0.2) is 40.8 Å². The molecule has 1 unspecified atom stereocenters. The normalized spacial score (nSPS) is 14.1. The average molecular weight is 274 g/mol. The highest BCUT2D eigenvalue weighted by atomic mass is 16.6. The third-order valence-electron chi connectivity index (χ3n) is 1.93. The molecule has 0 aromatic rings. The van der Waals surface area contributed by atoms with Gasteiger partial charge in [0.15, 0.2) is 0 Å². The molecule has 5 heteroatoms. The van der Waals surface area contributed by atoms with E-state index in [9.17, 15) is 14.7 Å². The number of ketones is 1. The van der Waals surface area contributed by atoms with Crippen LogP contribution in [0.15, 0.2) is 0 Å². The van der Waals surface area contributed by atoms with Gasteiger partial charge in [0.2, 0.25) is 0 Å². The fourth-order valence-electron chi connectivity index (χ4n) is 1.28. The zero-order valence-electron chi connectivity index (χ0n) is 12.8. The number of ether oxygens (including phenoxy) is 2. The number of carbonyl (C=O) groups is 2. The molecule has 0 bridgehead atoms. The second-order valence-electron chi connectivity index (χ2n) is 6.58. The summed E-state index contributed by atoms with van der Waals surface area (Å²) in [7, 11) is 0.